The molecule has 0 spiro atoms. The molecule has 1 heterocycles. The summed E-state index contributed by atoms with van der Waals surface area (Å²) in [6.07, 6.45) is -5.17. The highest BCUT2D eigenvalue weighted by molar-refractivity contribution is 5.89. The standard InChI is InChI=1S/C33H42O11/c1-17-22(41-18(2)34)15-33(39)28(43-29(38)21-11-9-8-10-12-21)26-31(7,14-13-23-32(26,16-40-23)44-20(4)36)27(37)25(42-19(3)35)24(17)30(33,5)6/h8-12,22-23,25-28,37,39H,13-16H2,1-7H3/t22-,23+,25+,26-,27-,28-,31+,32-,33+/m0/s1. The maximum absolute atomic E-state index is 13.9. The Morgan fingerprint density at radius 1 is 0.932 bits per heavy atom. The average Bonchev–Trinajstić information content (AvgIpc) is 2.92. The third-order valence-electron chi connectivity index (χ3n) is 10.6. The third kappa shape index (κ3) is 4.75. The molecular weight excluding hydrogens is 572 g/mol. The molecule has 2 saturated carbocycles. The van der Waals surface area contributed by atoms with Crippen LogP contribution in [0.2, 0.25) is 0 Å². The van der Waals surface area contributed by atoms with Gasteiger partial charge >= 0.3 is 23.9 Å². The number of aliphatic hydroxyl groups is 2. The molecule has 2 N–H and O–H groups in total. The zero-order valence-electron chi connectivity index (χ0n) is 26.2. The van der Waals surface area contributed by atoms with E-state index >= 15 is 0 Å². The molecule has 0 aromatic heterocycles. The van der Waals surface area contributed by atoms with Crippen LogP contribution in [-0.2, 0) is 38.1 Å². The molecule has 1 aliphatic heterocycles. The van der Waals surface area contributed by atoms with Crippen LogP contribution in [0.25, 0.3) is 0 Å². The van der Waals surface area contributed by atoms with Crippen molar-refractivity contribution in [2.45, 2.75) is 109 Å². The van der Waals surface area contributed by atoms with E-state index in [4.69, 9.17) is 23.7 Å². The van der Waals surface area contributed by atoms with Crippen molar-refractivity contribution >= 4 is 23.9 Å². The van der Waals surface area contributed by atoms with Crippen molar-refractivity contribution in [2.75, 3.05) is 6.61 Å². The first-order valence-corrected chi connectivity index (χ1v) is 15.0. The van der Waals surface area contributed by atoms with Gasteiger partial charge in [-0.3, -0.25) is 14.4 Å². The normalized spacial score (nSPS) is 38.8. The van der Waals surface area contributed by atoms with Crippen molar-refractivity contribution in [3.8, 4) is 0 Å². The number of carbonyl (C=O) groups excluding carboxylic acids is 4. The minimum atomic E-state index is -1.98. The number of benzene rings is 1. The van der Waals surface area contributed by atoms with Gasteiger partial charge in [-0.15, -0.1) is 0 Å². The van der Waals surface area contributed by atoms with E-state index in [0.717, 1.165) is 0 Å². The van der Waals surface area contributed by atoms with Crippen LogP contribution in [0.5, 0.6) is 0 Å². The van der Waals surface area contributed by atoms with E-state index < -0.39 is 82.3 Å². The molecule has 3 aliphatic carbocycles. The number of fused-ring (bicyclic) bond motifs is 5. The molecule has 9 atom stereocenters. The Balaban J connectivity index is 1.83. The lowest BCUT2D eigenvalue weighted by molar-refractivity contribution is -0.348. The molecule has 4 aliphatic rings. The van der Waals surface area contributed by atoms with E-state index in [9.17, 15) is 29.4 Å². The minimum absolute atomic E-state index is 0.0621. The summed E-state index contributed by atoms with van der Waals surface area (Å²) in [5.74, 6) is -3.64. The maximum atomic E-state index is 13.9. The Morgan fingerprint density at radius 3 is 2.11 bits per heavy atom. The molecule has 0 radical (unpaired) electrons. The van der Waals surface area contributed by atoms with Gasteiger partial charge in [-0.05, 0) is 43.0 Å². The first-order chi connectivity index (χ1) is 20.5. The van der Waals surface area contributed by atoms with E-state index in [1.165, 1.54) is 20.8 Å². The second kappa shape index (κ2) is 11.0. The zero-order valence-corrected chi connectivity index (χ0v) is 26.2. The fraction of sp³-hybridized carbons (Fsp3) is 0.636. The summed E-state index contributed by atoms with van der Waals surface area (Å²) >= 11 is 0. The summed E-state index contributed by atoms with van der Waals surface area (Å²) in [5.41, 5.74) is -4.82. The molecule has 0 amide bonds. The molecule has 1 aromatic rings. The molecule has 5 rings (SSSR count). The summed E-state index contributed by atoms with van der Waals surface area (Å²) < 4.78 is 29.9. The van der Waals surface area contributed by atoms with E-state index in [1.807, 2.05) is 0 Å². The number of esters is 4. The predicted octanol–water partition coefficient (Wildman–Crippen LogP) is 3.04. The Labute approximate surface area is 256 Å². The summed E-state index contributed by atoms with van der Waals surface area (Å²) in [4.78, 5) is 51.4. The molecular formula is C33H42O11. The SMILES string of the molecule is CC(=O)O[C@H]1C[C@@]2(O)[C@@H](OC(=O)c3ccccc3)[C@H]3[C@@](C)(CC[C@H]4OC[C@]43OC(C)=O)[C@@H](O)[C@H](OC(C)=O)C(=C1C)C2(C)C. The number of ether oxygens (including phenoxy) is 5. The summed E-state index contributed by atoms with van der Waals surface area (Å²) in [7, 11) is 0. The first-order valence-electron chi connectivity index (χ1n) is 15.0. The Bertz CT molecular complexity index is 1380. The Kier molecular flexibility index (Phi) is 8.00. The number of hydrogen-bond acceptors (Lipinski definition) is 11. The lowest BCUT2D eigenvalue weighted by Gasteiger charge is -2.68. The largest absolute Gasteiger partial charge is 0.458 e. The topological polar surface area (TPSA) is 155 Å². The number of hydrogen-bond donors (Lipinski definition) is 2. The number of carbonyl (C=O) groups is 4. The van der Waals surface area contributed by atoms with E-state index in [2.05, 4.69) is 0 Å². The zero-order chi connectivity index (χ0) is 32.4. The quantitative estimate of drug-likeness (QED) is 0.286. The molecule has 11 nitrogen and oxygen atoms in total. The van der Waals surface area contributed by atoms with Crippen LogP contribution in [-0.4, -0.2) is 82.4 Å². The van der Waals surface area contributed by atoms with Gasteiger partial charge in [0.2, 0.25) is 0 Å². The van der Waals surface area contributed by atoms with E-state index in [0.29, 0.717) is 24.0 Å². The van der Waals surface area contributed by atoms with Gasteiger partial charge < -0.3 is 33.9 Å². The highest BCUT2D eigenvalue weighted by Gasteiger charge is 2.76. The van der Waals surface area contributed by atoms with Crippen molar-refractivity contribution < 1.29 is 53.1 Å². The smallest absolute Gasteiger partial charge is 0.338 e. The lowest BCUT2D eigenvalue weighted by atomic mass is 9.45. The highest BCUT2D eigenvalue weighted by atomic mass is 16.6. The second-order valence-corrected chi connectivity index (χ2v) is 13.5. The van der Waals surface area contributed by atoms with Gasteiger partial charge in [0.15, 0.2) is 11.7 Å². The van der Waals surface area contributed by atoms with Crippen molar-refractivity contribution in [2.24, 2.45) is 16.7 Å². The first kappa shape index (κ1) is 32.1. The van der Waals surface area contributed by atoms with Crippen LogP contribution >= 0.6 is 0 Å². The molecule has 240 valence electrons. The maximum Gasteiger partial charge on any atom is 0.338 e. The van der Waals surface area contributed by atoms with E-state index in [-0.39, 0.29) is 18.6 Å². The molecule has 0 unspecified atom stereocenters. The molecule has 1 saturated heterocycles. The molecule has 1 aromatic carbocycles. The van der Waals surface area contributed by atoms with Gasteiger partial charge in [0.1, 0.15) is 30.0 Å². The van der Waals surface area contributed by atoms with Crippen molar-refractivity contribution in [3.63, 3.8) is 0 Å². The third-order valence-corrected chi connectivity index (χ3v) is 10.6. The van der Waals surface area contributed by atoms with Gasteiger partial charge in [0.05, 0.1) is 18.1 Å². The summed E-state index contributed by atoms with van der Waals surface area (Å²) in [6, 6.07) is 8.29. The van der Waals surface area contributed by atoms with Crippen LogP contribution in [0.15, 0.2) is 41.5 Å². The minimum Gasteiger partial charge on any atom is -0.458 e. The Hall–Kier alpha value is -3.28. The average molecular weight is 615 g/mol. The fourth-order valence-corrected chi connectivity index (χ4v) is 8.48. The Morgan fingerprint density at radius 2 is 1.57 bits per heavy atom. The monoisotopic (exact) mass is 614 g/mol. The van der Waals surface area contributed by atoms with Gasteiger partial charge in [0.25, 0.3) is 0 Å². The predicted molar refractivity (Wildman–Crippen MR) is 154 cm³/mol. The van der Waals surface area contributed by atoms with E-state index in [1.54, 1.807) is 58.0 Å². The van der Waals surface area contributed by atoms with Crippen LogP contribution in [0.3, 0.4) is 0 Å². The van der Waals surface area contributed by atoms with Crippen LogP contribution < -0.4 is 0 Å². The van der Waals surface area contributed by atoms with Crippen molar-refractivity contribution in [1.82, 2.24) is 0 Å². The number of rotatable bonds is 5. The fourth-order valence-electron chi connectivity index (χ4n) is 8.48. The molecule has 2 bridgehead atoms. The van der Waals surface area contributed by atoms with Crippen LogP contribution in [0.1, 0.15) is 78.1 Å². The van der Waals surface area contributed by atoms with Crippen LogP contribution in [0, 0.1) is 16.7 Å². The van der Waals surface area contributed by atoms with Gasteiger partial charge in [-0.2, -0.15) is 0 Å². The molecule has 44 heavy (non-hydrogen) atoms. The van der Waals surface area contributed by atoms with Gasteiger partial charge in [-0.25, -0.2) is 4.79 Å². The van der Waals surface area contributed by atoms with Crippen molar-refractivity contribution in [1.29, 1.82) is 0 Å². The molecule has 11 heteroatoms. The van der Waals surface area contributed by atoms with Gasteiger partial charge in [0, 0.05) is 38.0 Å². The second-order valence-electron chi connectivity index (χ2n) is 13.5. The van der Waals surface area contributed by atoms with Gasteiger partial charge in [-0.1, -0.05) is 39.0 Å². The molecule has 3 fully saturated rings. The summed E-state index contributed by atoms with van der Waals surface area (Å²) in [6.45, 7) is 10.6. The lowest BCUT2D eigenvalue weighted by Crippen LogP contribution is -2.80. The van der Waals surface area contributed by atoms with Crippen molar-refractivity contribution in [3.05, 3.63) is 47.0 Å². The summed E-state index contributed by atoms with van der Waals surface area (Å²) in [5, 5.41) is 25.6. The number of aliphatic hydroxyl groups excluding tert-OH is 1. The highest BCUT2D eigenvalue weighted by Crippen LogP contribution is 2.65. The van der Waals surface area contributed by atoms with Crippen LogP contribution in [0.4, 0.5) is 0 Å².